The Hall–Kier alpha value is -4.39. The molecular weight excluding hydrogens is 538 g/mol. The van der Waals surface area contributed by atoms with Crippen LogP contribution >= 0.6 is 11.3 Å². The lowest BCUT2D eigenvalue weighted by atomic mass is 9.98. The molecule has 1 fully saturated rings. The van der Waals surface area contributed by atoms with Crippen molar-refractivity contribution >= 4 is 40.3 Å². The van der Waals surface area contributed by atoms with Crippen molar-refractivity contribution < 1.29 is 18.4 Å². The Morgan fingerprint density at radius 1 is 1.05 bits per heavy atom. The van der Waals surface area contributed by atoms with E-state index in [1.807, 2.05) is 31.3 Å². The summed E-state index contributed by atoms with van der Waals surface area (Å²) in [6.45, 7) is 1.78. The maximum atomic E-state index is 12.4. The van der Waals surface area contributed by atoms with Crippen LogP contribution in [0, 0.1) is 11.6 Å². The molecule has 1 saturated heterocycles. The van der Waals surface area contributed by atoms with Gasteiger partial charge in [-0.3, -0.25) is 9.78 Å². The lowest BCUT2D eigenvalue weighted by molar-refractivity contribution is -0.115. The molecule has 40 heavy (non-hydrogen) atoms. The van der Waals surface area contributed by atoms with Crippen LogP contribution in [-0.2, 0) is 22.4 Å². The average molecular weight is 567 g/mol. The predicted molar refractivity (Wildman–Crippen MR) is 148 cm³/mol. The highest BCUT2D eigenvalue weighted by atomic mass is 32.1. The number of aldehydes is 1. The van der Waals surface area contributed by atoms with E-state index < -0.39 is 11.6 Å². The Morgan fingerprint density at radius 3 is 2.50 bits per heavy atom. The third-order valence-electron chi connectivity index (χ3n) is 6.11. The number of benzene rings is 1. The minimum Gasteiger partial charge on any atom is -0.363 e. The Morgan fingerprint density at radius 2 is 1.88 bits per heavy atom. The molecule has 0 atom stereocenters. The molecule has 1 aromatic carbocycles. The number of amides is 1. The zero-order valence-electron chi connectivity index (χ0n) is 21.8. The van der Waals surface area contributed by atoms with Gasteiger partial charge in [-0.05, 0) is 54.8 Å². The highest BCUT2D eigenvalue weighted by molar-refractivity contribution is 7.15. The van der Waals surface area contributed by atoms with Gasteiger partial charge in [-0.2, -0.15) is 0 Å². The largest absolute Gasteiger partial charge is 0.363 e. The number of halogens is 2. The molecule has 0 saturated carbocycles. The van der Waals surface area contributed by atoms with Crippen LogP contribution in [0.4, 0.5) is 25.5 Å². The molecule has 1 aliphatic rings. The van der Waals surface area contributed by atoms with Crippen LogP contribution in [0.1, 0.15) is 35.0 Å². The number of rotatable bonds is 8. The van der Waals surface area contributed by atoms with Crippen LogP contribution in [0.3, 0.4) is 0 Å². The van der Waals surface area contributed by atoms with Gasteiger partial charge in [0.2, 0.25) is 11.0 Å². The van der Waals surface area contributed by atoms with E-state index in [0.29, 0.717) is 23.6 Å². The SMILES string of the molecule is CNc1nnc(C2CCN(c3ccc(NC(=O)Cc4ccccn4)nn3)CC2)s1.O=CCc1ccc(F)c(F)c1. The van der Waals surface area contributed by atoms with Gasteiger partial charge in [-0.1, -0.05) is 23.5 Å². The molecular formula is C27H28F2N8O2S. The summed E-state index contributed by atoms with van der Waals surface area (Å²) in [5, 5.41) is 24.6. The fraction of sp³-hybridized carbons (Fsp3) is 0.296. The highest BCUT2D eigenvalue weighted by Gasteiger charge is 2.24. The Bertz CT molecular complexity index is 1400. The summed E-state index contributed by atoms with van der Waals surface area (Å²) < 4.78 is 24.7. The van der Waals surface area contributed by atoms with Crippen molar-refractivity contribution in [3.8, 4) is 0 Å². The molecule has 2 N–H and O–H groups in total. The monoisotopic (exact) mass is 566 g/mol. The van der Waals surface area contributed by atoms with Gasteiger partial charge in [0.05, 0.1) is 6.42 Å². The van der Waals surface area contributed by atoms with Gasteiger partial charge in [-0.15, -0.1) is 20.4 Å². The van der Waals surface area contributed by atoms with E-state index in [-0.39, 0.29) is 18.7 Å². The van der Waals surface area contributed by atoms with Crippen molar-refractivity contribution in [2.24, 2.45) is 0 Å². The number of anilines is 3. The maximum absolute atomic E-state index is 12.4. The molecule has 0 aliphatic carbocycles. The number of hydrogen-bond acceptors (Lipinski definition) is 10. The molecule has 1 aliphatic heterocycles. The summed E-state index contributed by atoms with van der Waals surface area (Å²) in [5.41, 5.74) is 1.20. The van der Waals surface area contributed by atoms with E-state index in [4.69, 9.17) is 0 Å². The first kappa shape index (κ1) is 28.6. The van der Waals surface area contributed by atoms with Gasteiger partial charge >= 0.3 is 0 Å². The molecule has 0 bridgehead atoms. The number of aromatic nitrogens is 5. The number of hydrogen-bond donors (Lipinski definition) is 2. The fourth-order valence-corrected chi connectivity index (χ4v) is 4.90. The first-order valence-corrected chi connectivity index (χ1v) is 13.4. The van der Waals surface area contributed by atoms with E-state index in [0.717, 1.165) is 59.7 Å². The third-order valence-corrected chi connectivity index (χ3v) is 7.21. The number of pyridine rings is 1. The van der Waals surface area contributed by atoms with E-state index in [1.165, 1.54) is 6.07 Å². The molecule has 10 nitrogen and oxygen atoms in total. The van der Waals surface area contributed by atoms with E-state index in [2.05, 4.69) is 40.9 Å². The van der Waals surface area contributed by atoms with Crippen LogP contribution in [0.5, 0.6) is 0 Å². The molecule has 0 unspecified atom stereocenters. The standard InChI is InChI=1S/C19H22N8OS.C8H6F2O/c1-20-19-26-25-18(29-19)13-7-10-27(11-8-13)16-6-5-15(23-24-16)22-17(28)12-14-4-2-3-9-21-14;9-7-2-1-6(3-4-11)5-8(7)10/h2-6,9,13H,7-8,10-12H2,1H3,(H,20,26)(H,22,23,28);1-2,4-5H,3H2. The van der Waals surface area contributed by atoms with Gasteiger partial charge in [0.25, 0.3) is 0 Å². The molecule has 3 aromatic heterocycles. The maximum Gasteiger partial charge on any atom is 0.231 e. The minimum atomic E-state index is -0.913. The Balaban J connectivity index is 0.000000283. The molecule has 208 valence electrons. The summed E-state index contributed by atoms with van der Waals surface area (Å²) in [6.07, 6.45) is 4.65. The molecule has 4 aromatic rings. The minimum absolute atomic E-state index is 0.122. The number of piperidine rings is 1. The van der Waals surface area contributed by atoms with Crippen LogP contribution in [0.15, 0.2) is 54.7 Å². The first-order valence-electron chi connectivity index (χ1n) is 12.6. The number of nitrogens with one attached hydrogen (secondary N) is 2. The summed E-state index contributed by atoms with van der Waals surface area (Å²) >= 11 is 1.62. The van der Waals surface area contributed by atoms with Gasteiger partial charge in [0, 0.05) is 44.4 Å². The lowest BCUT2D eigenvalue weighted by Gasteiger charge is -2.31. The van der Waals surface area contributed by atoms with Crippen molar-refractivity contribution in [1.29, 1.82) is 0 Å². The van der Waals surface area contributed by atoms with E-state index in [1.54, 1.807) is 23.6 Å². The summed E-state index contributed by atoms with van der Waals surface area (Å²) in [7, 11) is 1.86. The molecule has 5 rings (SSSR count). The zero-order valence-corrected chi connectivity index (χ0v) is 22.6. The highest BCUT2D eigenvalue weighted by Crippen LogP contribution is 2.32. The normalized spacial score (nSPS) is 13.2. The van der Waals surface area contributed by atoms with Gasteiger partial charge in [-0.25, -0.2) is 8.78 Å². The second kappa shape index (κ2) is 14.1. The number of carbonyl (C=O) groups excluding carboxylic acids is 2. The second-order valence-electron chi connectivity index (χ2n) is 8.90. The van der Waals surface area contributed by atoms with Crippen molar-refractivity contribution in [3.05, 3.63) is 82.6 Å². The first-order chi connectivity index (χ1) is 19.4. The summed E-state index contributed by atoms with van der Waals surface area (Å²) in [5.74, 6) is -0.269. The van der Waals surface area contributed by atoms with Gasteiger partial charge in [0.15, 0.2) is 23.3 Å². The fourth-order valence-electron chi connectivity index (χ4n) is 4.03. The van der Waals surface area contributed by atoms with Gasteiger partial charge in [0.1, 0.15) is 11.3 Å². The smallest absolute Gasteiger partial charge is 0.231 e. The Kier molecular flexibility index (Phi) is 10.1. The zero-order chi connectivity index (χ0) is 28.3. The number of nitrogens with zero attached hydrogens (tertiary/aromatic N) is 6. The van der Waals surface area contributed by atoms with Crippen LogP contribution in [0.25, 0.3) is 0 Å². The molecule has 0 radical (unpaired) electrons. The van der Waals surface area contributed by atoms with Crippen molar-refractivity contribution in [1.82, 2.24) is 25.4 Å². The summed E-state index contributed by atoms with van der Waals surface area (Å²) in [6, 6.07) is 12.6. The van der Waals surface area contributed by atoms with Gasteiger partial charge < -0.3 is 20.3 Å². The van der Waals surface area contributed by atoms with Crippen LogP contribution < -0.4 is 15.5 Å². The molecule has 4 heterocycles. The molecule has 13 heteroatoms. The average Bonchev–Trinajstić information content (AvgIpc) is 3.46. The second-order valence-corrected chi connectivity index (χ2v) is 9.91. The Labute approximate surface area is 233 Å². The predicted octanol–water partition coefficient (Wildman–Crippen LogP) is 4.04. The van der Waals surface area contributed by atoms with Crippen LogP contribution in [0.2, 0.25) is 0 Å². The van der Waals surface area contributed by atoms with Crippen LogP contribution in [-0.4, -0.2) is 57.7 Å². The summed E-state index contributed by atoms with van der Waals surface area (Å²) in [4.78, 5) is 28.4. The van der Waals surface area contributed by atoms with E-state index in [9.17, 15) is 18.4 Å². The molecule has 1 amide bonds. The van der Waals surface area contributed by atoms with Crippen molar-refractivity contribution in [2.45, 2.75) is 31.6 Å². The van der Waals surface area contributed by atoms with E-state index >= 15 is 0 Å². The van der Waals surface area contributed by atoms with Crippen molar-refractivity contribution in [3.63, 3.8) is 0 Å². The van der Waals surface area contributed by atoms with Crippen molar-refractivity contribution in [2.75, 3.05) is 35.7 Å². The topological polar surface area (TPSA) is 126 Å². The number of carbonyl (C=O) groups is 2. The molecule has 0 spiro atoms. The quantitative estimate of drug-likeness (QED) is 0.304. The lowest BCUT2D eigenvalue weighted by Crippen LogP contribution is -2.33. The third kappa shape index (κ3) is 8.06.